The molecule has 23 heavy (non-hydrogen) atoms. The van der Waals surface area contributed by atoms with Crippen LogP contribution in [0.15, 0.2) is 29.2 Å². The number of amides is 2. The van der Waals surface area contributed by atoms with Crippen molar-refractivity contribution in [1.29, 1.82) is 0 Å². The molecule has 0 unspecified atom stereocenters. The van der Waals surface area contributed by atoms with Gasteiger partial charge in [-0.15, -0.1) is 0 Å². The van der Waals surface area contributed by atoms with E-state index in [1.165, 1.54) is 4.31 Å². The molecule has 0 atom stereocenters. The first-order valence-electron chi connectivity index (χ1n) is 7.99. The van der Waals surface area contributed by atoms with Gasteiger partial charge in [-0.1, -0.05) is 26.0 Å². The Labute approximate surface area is 138 Å². The van der Waals surface area contributed by atoms with Crippen molar-refractivity contribution < 1.29 is 13.2 Å². The van der Waals surface area contributed by atoms with Gasteiger partial charge < -0.3 is 10.2 Å². The summed E-state index contributed by atoms with van der Waals surface area (Å²) in [6, 6.07) is 6.93. The lowest BCUT2D eigenvalue weighted by Gasteiger charge is -2.33. The normalized spacial score (nSPS) is 16.6. The maximum absolute atomic E-state index is 12.7. The predicted octanol–water partition coefficient (Wildman–Crippen LogP) is 1.85. The van der Waals surface area contributed by atoms with Gasteiger partial charge in [0, 0.05) is 32.7 Å². The van der Waals surface area contributed by atoms with Gasteiger partial charge in [0.05, 0.1) is 4.90 Å². The summed E-state index contributed by atoms with van der Waals surface area (Å²) in [6.07, 6.45) is 0. The second-order valence-electron chi connectivity index (χ2n) is 5.95. The van der Waals surface area contributed by atoms with Crippen LogP contribution in [0, 0.1) is 0 Å². The first-order chi connectivity index (χ1) is 10.9. The van der Waals surface area contributed by atoms with Crippen LogP contribution in [0.1, 0.15) is 32.3 Å². The minimum atomic E-state index is -3.49. The van der Waals surface area contributed by atoms with Gasteiger partial charge in [-0.25, -0.2) is 13.2 Å². The lowest BCUT2D eigenvalue weighted by atomic mass is 10.0. The van der Waals surface area contributed by atoms with E-state index in [4.69, 9.17) is 0 Å². The number of nitrogens with one attached hydrogen (secondary N) is 1. The van der Waals surface area contributed by atoms with Gasteiger partial charge in [-0.2, -0.15) is 4.31 Å². The van der Waals surface area contributed by atoms with Gasteiger partial charge in [0.15, 0.2) is 0 Å². The summed E-state index contributed by atoms with van der Waals surface area (Å²) in [7, 11) is -3.49. The summed E-state index contributed by atoms with van der Waals surface area (Å²) < 4.78 is 26.8. The van der Waals surface area contributed by atoms with Crippen molar-refractivity contribution >= 4 is 16.1 Å². The lowest BCUT2D eigenvalue weighted by Crippen LogP contribution is -2.53. The van der Waals surface area contributed by atoms with Crippen molar-refractivity contribution in [3.05, 3.63) is 29.8 Å². The molecule has 0 spiro atoms. The maximum Gasteiger partial charge on any atom is 0.317 e. The van der Waals surface area contributed by atoms with Crippen LogP contribution in [0.4, 0.5) is 4.79 Å². The summed E-state index contributed by atoms with van der Waals surface area (Å²) in [5.74, 6) is 0.368. The lowest BCUT2D eigenvalue weighted by molar-refractivity contribution is 0.173. The Balaban J connectivity index is 2.05. The highest BCUT2D eigenvalue weighted by Crippen LogP contribution is 2.21. The summed E-state index contributed by atoms with van der Waals surface area (Å²) in [6.45, 7) is 8.05. The zero-order valence-electron chi connectivity index (χ0n) is 13.9. The molecule has 1 aromatic rings. The number of rotatable bonds is 4. The van der Waals surface area contributed by atoms with Crippen LogP contribution in [0.3, 0.4) is 0 Å². The number of nitrogens with zero attached hydrogens (tertiary/aromatic N) is 2. The molecule has 1 N–H and O–H groups in total. The second-order valence-corrected chi connectivity index (χ2v) is 7.89. The van der Waals surface area contributed by atoms with E-state index in [0.29, 0.717) is 43.5 Å². The number of hydrogen-bond acceptors (Lipinski definition) is 3. The van der Waals surface area contributed by atoms with Crippen molar-refractivity contribution in [1.82, 2.24) is 14.5 Å². The Hall–Kier alpha value is -1.60. The first-order valence-corrected chi connectivity index (χ1v) is 9.43. The Morgan fingerprint density at radius 1 is 1.13 bits per heavy atom. The first kappa shape index (κ1) is 17.7. The second kappa shape index (κ2) is 7.31. The fourth-order valence-electron chi connectivity index (χ4n) is 2.57. The van der Waals surface area contributed by atoms with Crippen molar-refractivity contribution in [2.24, 2.45) is 0 Å². The van der Waals surface area contributed by atoms with Crippen LogP contribution in [0.25, 0.3) is 0 Å². The number of piperazine rings is 1. The molecule has 0 aromatic heterocycles. The molecule has 1 heterocycles. The Kier molecular flexibility index (Phi) is 5.64. The van der Waals surface area contributed by atoms with E-state index in [0.717, 1.165) is 5.56 Å². The van der Waals surface area contributed by atoms with Crippen molar-refractivity contribution in [3.8, 4) is 0 Å². The number of sulfonamides is 1. The quantitative estimate of drug-likeness (QED) is 0.910. The van der Waals surface area contributed by atoms with E-state index in [1.54, 1.807) is 17.0 Å². The molecule has 0 bridgehead atoms. The average molecular weight is 339 g/mol. The maximum atomic E-state index is 12.7. The smallest absolute Gasteiger partial charge is 0.317 e. The molecule has 128 valence electrons. The third kappa shape index (κ3) is 4.03. The standard InChI is InChI=1S/C16H25N3O3S/c1-4-17-16(20)18-9-11-19(12-10-18)23(21,22)15-7-5-14(6-8-15)13(2)3/h5-8,13H,4,9-12H2,1-3H3,(H,17,20). The van der Waals surface area contributed by atoms with Crippen molar-refractivity contribution in [3.63, 3.8) is 0 Å². The van der Waals surface area contributed by atoms with Gasteiger partial charge >= 0.3 is 6.03 Å². The molecule has 1 aliphatic rings. The van der Waals surface area contributed by atoms with Gasteiger partial charge in [0.25, 0.3) is 0 Å². The summed E-state index contributed by atoms with van der Waals surface area (Å²) in [5, 5.41) is 2.74. The highest BCUT2D eigenvalue weighted by Gasteiger charge is 2.29. The van der Waals surface area contributed by atoms with Crippen LogP contribution in [0.5, 0.6) is 0 Å². The number of benzene rings is 1. The highest BCUT2D eigenvalue weighted by molar-refractivity contribution is 7.89. The van der Waals surface area contributed by atoms with E-state index in [9.17, 15) is 13.2 Å². The van der Waals surface area contributed by atoms with Gasteiger partial charge in [-0.05, 0) is 30.5 Å². The summed E-state index contributed by atoms with van der Waals surface area (Å²) in [5.41, 5.74) is 1.12. The minimum absolute atomic E-state index is 0.133. The fourth-order valence-corrected chi connectivity index (χ4v) is 3.99. The topological polar surface area (TPSA) is 69.7 Å². The van der Waals surface area contributed by atoms with Crippen LogP contribution in [-0.4, -0.2) is 56.4 Å². The largest absolute Gasteiger partial charge is 0.338 e. The third-order valence-corrected chi connectivity index (χ3v) is 5.95. The van der Waals surface area contributed by atoms with E-state index >= 15 is 0 Å². The van der Waals surface area contributed by atoms with E-state index in [-0.39, 0.29) is 6.03 Å². The zero-order valence-corrected chi connectivity index (χ0v) is 14.8. The molecule has 2 amide bonds. The van der Waals surface area contributed by atoms with E-state index < -0.39 is 10.0 Å². The molecule has 0 radical (unpaired) electrons. The fraction of sp³-hybridized carbons (Fsp3) is 0.562. The summed E-state index contributed by atoms with van der Waals surface area (Å²) in [4.78, 5) is 13.7. The molecular formula is C16H25N3O3S. The predicted molar refractivity (Wildman–Crippen MR) is 89.9 cm³/mol. The third-order valence-electron chi connectivity index (χ3n) is 4.04. The number of carbonyl (C=O) groups is 1. The molecule has 0 saturated carbocycles. The highest BCUT2D eigenvalue weighted by atomic mass is 32.2. The monoisotopic (exact) mass is 339 g/mol. The molecule has 7 heteroatoms. The zero-order chi connectivity index (χ0) is 17.0. The molecule has 1 aromatic carbocycles. The average Bonchev–Trinajstić information content (AvgIpc) is 2.55. The molecule has 0 aliphatic carbocycles. The summed E-state index contributed by atoms with van der Waals surface area (Å²) >= 11 is 0. The molecular weight excluding hydrogens is 314 g/mol. The Morgan fingerprint density at radius 3 is 2.17 bits per heavy atom. The molecule has 1 aliphatic heterocycles. The number of carbonyl (C=O) groups excluding carboxylic acids is 1. The number of hydrogen-bond donors (Lipinski definition) is 1. The van der Waals surface area contributed by atoms with Crippen LogP contribution < -0.4 is 5.32 Å². The Bertz CT molecular complexity index is 633. The minimum Gasteiger partial charge on any atom is -0.338 e. The van der Waals surface area contributed by atoms with Gasteiger partial charge in [0.2, 0.25) is 10.0 Å². The molecule has 2 rings (SSSR count). The van der Waals surface area contributed by atoms with Crippen LogP contribution in [-0.2, 0) is 10.0 Å². The number of urea groups is 1. The van der Waals surface area contributed by atoms with Crippen LogP contribution >= 0.6 is 0 Å². The van der Waals surface area contributed by atoms with Crippen molar-refractivity contribution in [2.75, 3.05) is 32.7 Å². The Morgan fingerprint density at radius 2 is 1.70 bits per heavy atom. The SMILES string of the molecule is CCNC(=O)N1CCN(S(=O)(=O)c2ccc(C(C)C)cc2)CC1. The van der Waals surface area contributed by atoms with Gasteiger partial charge in [0.1, 0.15) is 0 Å². The van der Waals surface area contributed by atoms with E-state index in [2.05, 4.69) is 19.2 Å². The van der Waals surface area contributed by atoms with Crippen LogP contribution in [0.2, 0.25) is 0 Å². The van der Waals surface area contributed by atoms with Crippen molar-refractivity contribution in [2.45, 2.75) is 31.6 Å². The van der Waals surface area contributed by atoms with E-state index in [1.807, 2.05) is 19.1 Å². The molecule has 1 fully saturated rings. The van der Waals surface area contributed by atoms with Gasteiger partial charge in [-0.3, -0.25) is 0 Å². The molecule has 6 nitrogen and oxygen atoms in total. The molecule has 1 saturated heterocycles.